The second kappa shape index (κ2) is 8.68. The summed E-state index contributed by atoms with van der Waals surface area (Å²) in [6.45, 7) is 1.28. The molecule has 0 saturated carbocycles. The molecule has 0 N–H and O–H groups in total. The van der Waals surface area contributed by atoms with Gasteiger partial charge in [-0.15, -0.1) is 13.2 Å². The van der Waals surface area contributed by atoms with Gasteiger partial charge in [0.15, 0.2) is 0 Å². The van der Waals surface area contributed by atoms with Crippen molar-refractivity contribution < 1.29 is 27.4 Å². The fourth-order valence-corrected chi connectivity index (χ4v) is 4.51. The van der Waals surface area contributed by atoms with E-state index in [2.05, 4.69) is 14.6 Å². The van der Waals surface area contributed by atoms with Crippen molar-refractivity contribution in [2.45, 2.75) is 38.0 Å². The zero-order valence-corrected chi connectivity index (χ0v) is 18.4. The average molecular weight is 472 g/mol. The zero-order valence-electron chi connectivity index (χ0n) is 18.4. The summed E-state index contributed by atoms with van der Waals surface area (Å²) in [7, 11) is 1.91. The summed E-state index contributed by atoms with van der Waals surface area (Å²) >= 11 is 0. The monoisotopic (exact) mass is 472 g/mol. The topological polar surface area (TPSA) is 59.8 Å². The number of aromatic nitrogens is 2. The first-order valence-corrected chi connectivity index (χ1v) is 10.9. The predicted octanol–water partition coefficient (Wildman–Crippen LogP) is 3.89. The van der Waals surface area contributed by atoms with E-state index in [9.17, 15) is 18.0 Å². The van der Waals surface area contributed by atoms with Crippen molar-refractivity contribution in [2.24, 2.45) is 7.05 Å². The number of nitrogens with zero attached hydrogens (tertiary/aromatic N) is 4. The second-order valence-corrected chi connectivity index (χ2v) is 8.46. The molecule has 1 saturated heterocycles. The third-order valence-corrected chi connectivity index (χ3v) is 6.13. The molecule has 2 bridgehead atoms. The van der Waals surface area contributed by atoms with Crippen LogP contribution < -0.4 is 14.4 Å². The maximum absolute atomic E-state index is 13.8. The van der Waals surface area contributed by atoms with Crippen molar-refractivity contribution in [3.8, 4) is 11.5 Å². The Morgan fingerprint density at radius 1 is 1.12 bits per heavy atom. The molecule has 0 radical (unpaired) electrons. The van der Waals surface area contributed by atoms with Crippen LogP contribution in [0.15, 0.2) is 60.9 Å². The minimum atomic E-state index is -4.76. The van der Waals surface area contributed by atoms with E-state index in [-0.39, 0.29) is 24.3 Å². The van der Waals surface area contributed by atoms with Gasteiger partial charge in [-0.1, -0.05) is 24.3 Å². The number of likely N-dealkylation sites (tertiary alicyclic amines) is 1. The Bertz CT molecular complexity index is 1180. The van der Waals surface area contributed by atoms with Crippen LogP contribution in [-0.2, 0) is 24.9 Å². The maximum Gasteiger partial charge on any atom is 0.573 e. The largest absolute Gasteiger partial charge is 0.573 e. The summed E-state index contributed by atoms with van der Waals surface area (Å²) in [4.78, 5) is 21.9. The van der Waals surface area contributed by atoms with Gasteiger partial charge in [0.1, 0.15) is 23.4 Å². The number of carbonyl (C=O) groups is 1. The standard InChI is InChI=1S/C24H23F3N4O3/c1-29-11-10-28-22(29)15-30-14-18-12-20(30)23(32)31(19-4-2-3-5-21(19)33-18)13-16-6-8-17(9-7-16)34-24(25,26)27/h2-11,18,20H,12-15H2,1H3/t18-,20-/m0/s1. The fraction of sp³-hybridized carbons (Fsp3) is 0.333. The van der Waals surface area contributed by atoms with E-state index in [0.29, 0.717) is 36.5 Å². The van der Waals surface area contributed by atoms with Gasteiger partial charge >= 0.3 is 6.36 Å². The number of amides is 1. The van der Waals surface area contributed by atoms with E-state index < -0.39 is 12.4 Å². The van der Waals surface area contributed by atoms with Crippen LogP contribution in [0.4, 0.5) is 18.9 Å². The van der Waals surface area contributed by atoms with Gasteiger partial charge in [0, 0.05) is 32.4 Å². The number of anilines is 1. The molecule has 2 aliphatic heterocycles. The molecule has 3 heterocycles. The summed E-state index contributed by atoms with van der Waals surface area (Å²) in [6.07, 6.45) is -0.749. The smallest absolute Gasteiger partial charge is 0.487 e. The van der Waals surface area contributed by atoms with Gasteiger partial charge in [0.2, 0.25) is 5.91 Å². The summed E-state index contributed by atoms with van der Waals surface area (Å²) in [5.41, 5.74) is 1.31. The Labute approximate surface area is 194 Å². The summed E-state index contributed by atoms with van der Waals surface area (Å²) in [6, 6.07) is 12.5. The van der Waals surface area contributed by atoms with Crippen molar-refractivity contribution in [1.29, 1.82) is 0 Å². The molecule has 2 aromatic carbocycles. The highest BCUT2D eigenvalue weighted by Gasteiger charge is 2.43. The lowest BCUT2D eigenvalue weighted by atomic mass is 10.1. The summed E-state index contributed by atoms with van der Waals surface area (Å²) < 4.78 is 49.7. The fourth-order valence-electron chi connectivity index (χ4n) is 4.51. The Morgan fingerprint density at radius 3 is 2.59 bits per heavy atom. The number of fused-ring (bicyclic) bond motifs is 3. The third-order valence-electron chi connectivity index (χ3n) is 6.13. The van der Waals surface area contributed by atoms with Crippen LogP contribution in [0.2, 0.25) is 0 Å². The van der Waals surface area contributed by atoms with Crippen LogP contribution in [0.3, 0.4) is 0 Å². The lowest BCUT2D eigenvalue weighted by Gasteiger charge is -2.32. The van der Waals surface area contributed by atoms with Crippen LogP contribution in [-0.4, -0.2) is 45.4 Å². The molecule has 1 fully saturated rings. The van der Waals surface area contributed by atoms with Crippen molar-refractivity contribution in [3.63, 3.8) is 0 Å². The Kier molecular flexibility index (Phi) is 5.68. The number of hydrogen-bond donors (Lipinski definition) is 0. The minimum absolute atomic E-state index is 0.0805. The van der Waals surface area contributed by atoms with Gasteiger partial charge in [-0.25, -0.2) is 4.98 Å². The number of hydrogen-bond acceptors (Lipinski definition) is 5. The molecule has 0 unspecified atom stereocenters. The van der Waals surface area contributed by atoms with Crippen LogP contribution in [0, 0.1) is 0 Å². The Morgan fingerprint density at radius 2 is 1.88 bits per heavy atom. The maximum atomic E-state index is 13.8. The van der Waals surface area contributed by atoms with E-state index in [1.807, 2.05) is 42.1 Å². The summed E-state index contributed by atoms with van der Waals surface area (Å²) in [5, 5.41) is 0. The highest BCUT2D eigenvalue weighted by molar-refractivity contribution is 5.99. The van der Waals surface area contributed by atoms with E-state index in [1.165, 1.54) is 24.3 Å². The zero-order chi connectivity index (χ0) is 23.9. The second-order valence-electron chi connectivity index (χ2n) is 8.46. The molecule has 1 amide bonds. The van der Waals surface area contributed by atoms with Crippen molar-refractivity contribution in [1.82, 2.24) is 14.5 Å². The molecule has 3 aromatic rings. The van der Waals surface area contributed by atoms with E-state index in [4.69, 9.17) is 4.74 Å². The van der Waals surface area contributed by atoms with Gasteiger partial charge in [-0.05, 0) is 29.8 Å². The van der Waals surface area contributed by atoms with Crippen LogP contribution in [0.5, 0.6) is 11.5 Å². The molecule has 7 nitrogen and oxygen atoms in total. The number of benzene rings is 2. The molecule has 2 aliphatic rings. The molecule has 0 spiro atoms. The Hall–Kier alpha value is -3.53. The quantitative estimate of drug-likeness (QED) is 0.564. The third kappa shape index (κ3) is 4.58. The van der Waals surface area contributed by atoms with E-state index in [0.717, 1.165) is 5.82 Å². The number of aryl methyl sites for hydroxylation is 1. The van der Waals surface area contributed by atoms with Gasteiger partial charge in [0.25, 0.3) is 0 Å². The number of alkyl halides is 3. The minimum Gasteiger partial charge on any atom is -0.487 e. The number of carbonyl (C=O) groups excluding carboxylic acids is 1. The van der Waals surface area contributed by atoms with Crippen molar-refractivity contribution in [3.05, 3.63) is 72.3 Å². The lowest BCUT2D eigenvalue weighted by Crippen LogP contribution is -2.45. The number of rotatable bonds is 5. The van der Waals surface area contributed by atoms with Crippen LogP contribution in [0.25, 0.3) is 0 Å². The molecule has 2 atom stereocenters. The Balaban J connectivity index is 1.43. The molecule has 1 aromatic heterocycles. The first-order valence-electron chi connectivity index (χ1n) is 10.9. The molecule has 0 aliphatic carbocycles. The SMILES string of the molecule is Cn1ccnc1CN1C[C@@H]2C[C@H]1C(=O)N(Cc1ccc(OC(F)(F)F)cc1)c1ccccc1O2. The normalized spacial score (nSPS) is 20.5. The highest BCUT2D eigenvalue weighted by atomic mass is 19.4. The first kappa shape index (κ1) is 22.3. The number of imidazole rings is 1. The number of ether oxygens (including phenoxy) is 2. The molecule has 10 heteroatoms. The first-order chi connectivity index (χ1) is 16.3. The highest BCUT2D eigenvalue weighted by Crippen LogP contribution is 2.37. The summed E-state index contributed by atoms with van der Waals surface area (Å²) in [5.74, 6) is 1.07. The van der Waals surface area contributed by atoms with Gasteiger partial charge in [-0.2, -0.15) is 0 Å². The number of para-hydroxylation sites is 2. The molecule has 5 rings (SSSR count). The van der Waals surface area contributed by atoms with Gasteiger partial charge in [-0.3, -0.25) is 9.69 Å². The molecular formula is C24H23F3N4O3. The molecule has 178 valence electrons. The van der Waals surface area contributed by atoms with Gasteiger partial charge in [0.05, 0.1) is 24.8 Å². The number of halogens is 3. The van der Waals surface area contributed by atoms with E-state index in [1.54, 1.807) is 11.1 Å². The predicted molar refractivity (Wildman–Crippen MR) is 117 cm³/mol. The van der Waals surface area contributed by atoms with Crippen LogP contribution >= 0.6 is 0 Å². The van der Waals surface area contributed by atoms with Crippen LogP contribution in [0.1, 0.15) is 17.8 Å². The van der Waals surface area contributed by atoms with Crippen molar-refractivity contribution in [2.75, 3.05) is 11.4 Å². The average Bonchev–Trinajstić information content (AvgIpc) is 3.38. The van der Waals surface area contributed by atoms with Crippen molar-refractivity contribution >= 4 is 11.6 Å². The van der Waals surface area contributed by atoms with Gasteiger partial charge < -0.3 is 18.9 Å². The molecule has 34 heavy (non-hydrogen) atoms. The molecular weight excluding hydrogens is 449 g/mol. The lowest BCUT2D eigenvalue weighted by molar-refractivity contribution is -0.274. The van der Waals surface area contributed by atoms with E-state index >= 15 is 0 Å².